The number of nitrogens with one attached hydrogen (secondary N) is 1. The zero-order valence-corrected chi connectivity index (χ0v) is 28.5. The van der Waals surface area contributed by atoms with Gasteiger partial charge >= 0.3 is 0 Å². The molecule has 0 saturated carbocycles. The van der Waals surface area contributed by atoms with Crippen molar-refractivity contribution >= 4 is 11.6 Å². The molecular formula is C36H41N9O5. The van der Waals surface area contributed by atoms with Crippen LogP contribution in [-0.4, -0.2) is 93.9 Å². The average Bonchev–Trinajstić information content (AvgIpc) is 3.96. The Morgan fingerprint density at radius 2 is 2.10 bits per heavy atom. The number of carbonyl (C=O) groups is 1. The van der Waals surface area contributed by atoms with Gasteiger partial charge in [0.05, 0.1) is 35.8 Å². The lowest BCUT2D eigenvalue weighted by molar-refractivity contribution is 0.0174. The number of hydrogen-bond acceptors (Lipinski definition) is 12. The van der Waals surface area contributed by atoms with E-state index in [1.807, 2.05) is 19.1 Å². The number of hydrogen-bond donors (Lipinski definition) is 2. The number of aromatic nitrogens is 5. The van der Waals surface area contributed by atoms with Gasteiger partial charge in [0.2, 0.25) is 5.88 Å². The van der Waals surface area contributed by atoms with Crippen molar-refractivity contribution in [1.29, 1.82) is 5.26 Å². The Hall–Kier alpha value is -4.84. The SMILES string of the molecule is COC1CCN(C)C1C(C)Oc1cc(-n2ccc(C(=O)NC3CCOC3)n2)nc(-c2noc3c2CCCC32CCc3ccc(N)c(C#N)c32)n1. The lowest BCUT2D eigenvalue weighted by Gasteiger charge is -2.33. The van der Waals surface area contributed by atoms with Crippen LogP contribution in [-0.2, 0) is 27.7 Å². The van der Waals surface area contributed by atoms with Crippen LogP contribution in [0.2, 0.25) is 0 Å². The predicted octanol–water partition coefficient (Wildman–Crippen LogP) is 3.34. The number of likely N-dealkylation sites (N-methyl/N-ethyl adjacent to an activating group) is 1. The molecule has 3 N–H and O–H groups in total. The smallest absolute Gasteiger partial charge is 0.272 e. The zero-order valence-electron chi connectivity index (χ0n) is 28.5. The molecule has 5 atom stereocenters. The van der Waals surface area contributed by atoms with Gasteiger partial charge in [-0.2, -0.15) is 15.3 Å². The highest BCUT2D eigenvalue weighted by atomic mass is 16.5. The number of methoxy groups -OCH3 is 1. The van der Waals surface area contributed by atoms with E-state index in [1.54, 1.807) is 30.1 Å². The summed E-state index contributed by atoms with van der Waals surface area (Å²) in [6.45, 7) is 4.03. The summed E-state index contributed by atoms with van der Waals surface area (Å²) in [5, 5.41) is 22.3. The van der Waals surface area contributed by atoms with Gasteiger partial charge in [-0.3, -0.25) is 9.69 Å². The number of carbonyl (C=O) groups excluding carboxylic acids is 1. The van der Waals surface area contributed by atoms with Crippen LogP contribution in [0, 0.1) is 11.3 Å². The Morgan fingerprint density at radius 3 is 2.90 bits per heavy atom. The van der Waals surface area contributed by atoms with E-state index in [1.165, 1.54) is 0 Å². The molecule has 260 valence electrons. The average molecular weight is 680 g/mol. The number of aryl methyl sites for hydroxylation is 1. The van der Waals surface area contributed by atoms with Gasteiger partial charge in [0.25, 0.3) is 5.91 Å². The van der Waals surface area contributed by atoms with Crippen molar-refractivity contribution in [3.63, 3.8) is 0 Å². The molecule has 4 aromatic rings. The largest absolute Gasteiger partial charge is 0.473 e. The van der Waals surface area contributed by atoms with Gasteiger partial charge in [-0.1, -0.05) is 11.2 Å². The summed E-state index contributed by atoms with van der Waals surface area (Å²) in [7, 11) is 3.80. The Bertz CT molecular complexity index is 1980. The summed E-state index contributed by atoms with van der Waals surface area (Å²) in [6, 6.07) is 9.57. The molecule has 0 bridgehead atoms. The standard InChI is InChI=1S/C36H41N9O5/c1-20(32-27(47-3)10-14-44(32)2)49-29-17-28(45-15-9-26(42-45)35(46)39-22-11-16-48-19-22)40-34(41-29)31-23-5-4-12-36(33(23)50-43-31)13-8-21-6-7-25(38)24(18-37)30(21)36/h6-7,9,15,17,20,22,27,32H,4-5,8,10-14,16,19,38H2,1-3H3,(H,39,46). The van der Waals surface area contributed by atoms with E-state index in [4.69, 9.17) is 34.4 Å². The van der Waals surface area contributed by atoms with Crippen molar-refractivity contribution in [2.75, 3.05) is 39.6 Å². The fourth-order valence-corrected chi connectivity index (χ4v) is 8.55. The maximum Gasteiger partial charge on any atom is 0.272 e. The van der Waals surface area contributed by atoms with Gasteiger partial charge in [-0.15, -0.1) is 0 Å². The number of nitriles is 1. The predicted molar refractivity (Wildman–Crippen MR) is 181 cm³/mol. The number of nitrogen functional groups attached to an aromatic ring is 1. The summed E-state index contributed by atoms with van der Waals surface area (Å²) in [5.41, 5.74) is 10.6. The highest BCUT2D eigenvalue weighted by Gasteiger charge is 2.49. The second-order valence-electron chi connectivity index (χ2n) is 13.9. The molecule has 2 aliphatic heterocycles. The van der Waals surface area contributed by atoms with E-state index in [0.717, 1.165) is 73.9 Å². The molecule has 1 spiro atoms. The third-order valence-electron chi connectivity index (χ3n) is 11.0. The summed E-state index contributed by atoms with van der Waals surface area (Å²) in [4.78, 5) is 25.1. The van der Waals surface area contributed by atoms with Crippen LogP contribution in [0.3, 0.4) is 0 Å². The lowest BCUT2D eigenvalue weighted by Crippen LogP contribution is -2.44. The number of ether oxygens (including phenoxy) is 3. The third-order valence-corrected chi connectivity index (χ3v) is 11.0. The topological polar surface area (TPSA) is 179 Å². The van der Waals surface area contributed by atoms with E-state index in [0.29, 0.717) is 47.7 Å². The maximum atomic E-state index is 13.0. The summed E-state index contributed by atoms with van der Waals surface area (Å²) in [5.74, 6) is 1.54. The van der Waals surface area contributed by atoms with Crippen molar-refractivity contribution in [3.05, 3.63) is 64.2 Å². The molecule has 2 saturated heterocycles. The molecule has 1 amide bonds. The van der Waals surface area contributed by atoms with Crippen LogP contribution in [0.5, 0.6) is 5.88 Å². The number of nitrogens with two attached hydrogens (primary N) is 1. The van der Waals surface area contributed by atoms with E-state index < -0.39 is 5.41 Å². The minimum Gasteiger partial charge on any atom is -0.473 e. The molecule has 50 heavy (non-hydrogen) atoms. The molecule has 4 aliphatic rings. The third kappa shape index (κ3) is 5.40. The number of fused-ring (bicyclic) bond motifs is 4. The van der Waals surface area contributed by atoms with E-state index in [9.17, 15) is 10.1 Å². The van der Waals surface area contributed by atoms with Crippen molar-refractivity contribution in [2.24, 2.45) is 0 Å². The van der Waals surface area contributed by atoms with Gasteiger partial charge in [-0.05, 0) is 82.2 Å². The molecule has 14 heteroatoms. The van der Waals surface area contributed by atoms with Crippen molar-refractivity contribution in [2.45, 2.75) is 81.6 Å². The number of anilines is 1. The summed E-state index contributed by atoms with van der Waals surface area (Å²) < 4.78 is 25.5. The van der Waals surface area contributed by atoms with Crippen molar-refractivity contribution in [1.82, 2.24) is 35.1 Å². The molecule has 1 aromatic carbocycles. The van der Waals surface area contributed by atoms with Gasteiger partial charge in [0, 0.05) is 43.8 Å². The maximum absolute atomic E-state index is 13.0. The number of amides is 1. The lowest BCUT2D eigenvalue weighted by atomic mass is 9.68. The first-order valence-electron chi connectivity index (χ1n) is 17.3. The van der Waals surface area contributed by atoms with Crippen LogP contribution in [0.1, 0.15) is 77.5 Å². The molecule has 5 heterocycles. The van der Waals surface area contributed by atoms with Crippen LogP contribution in [0.4, 0.5) is 5.69 Å². The molecule has 0 radical (unpaired) electrons. The second-order valence-corrected chi connectivity index (χ2v) is 13.9. The Labute approximate surface area is 289 Å². The number of nitrogens with zero attached hydrogens (tertiary/aromatic N) is 7. The minimum atomic E-state index is -0.503. The Kier molecular flexibility index (Phi) is 8.29. The van der Waals surface area contributed by atoms with Gasteiger partial charge < -0.3 is 29.8 Å². The molecular weight excluding hydrogens is 638 g/mol. The molecule has 8 rings (SSSR count). The fraction of sp³-hybridized carbons (Fsp3) is 0.500. The molecule has 5 unspecified atom stereocenters. The van der Waals surface area contributed by atoms with Gasteiger partial charge in [0.1, 0.15) is 12.2 Å². The first-order valence-corrected chi connectivity index (χ1v) is 17.3. The van der Waals surface area contributed by atoms with Crippen LogP contribution in [0.25, 0.3) is 17.3 Å². The first-order chi connectivity index (χ1) is 24.3. The minimum absolute atomic E-state index is 0.0188. The second kappa shape index (κ2) is 12.8. The number of benzene rings is 1. The summed E-state index contributed by atoms with van der Waals surface area (Å²) >= 11 is 0. The van der Waals surface area contributed by atoms with E-state index >= 15 is 0 Å². The first kappa shape index (κ1) is 32.4. The van der Waals surface area contributed by atoms with Gasteiger partial charge in [0.15, 0.2) is 28.8 Å². The van der Waals surface area contributed by atoms with Crippen LogP contribution >= 0.6 is 0 Å². The van der Waals surface area contributed by atoms with Crippen molar-refractivity contribution in [3.8, 4) is 29.3 Å². The quantitative estimate of drug-likeness (QED) is 0.260. The summed E-state index contributed by atoms with van der Waals surface area (Å²) in [6.07, 6.45) is 7.16. The zero-order chi connectivity index (χ0) is 34.6. The van der Waals surface area contributed by atoms with Crippen molar-refractivity contribution < 1.29 is 23.5 Å². The Balaban J connectivity index is 1.19. The highest BCUT2D eigenvalue weighted by Crippen LogP contribution is 2.54. The highest BCUT2D eigenvalue weighted by molar-refractivity contribution is 5.92. The molecule has 2 fully saturated rings. The van der Waals surface area contributed by atoms with E-state index in [-0.39, 0.29) is 35.9 Å². The number of rotatable bonds is 8. The molecule has 3 aromatic heterocycles. The Morgan fingerprint density at radius 1 is 1.22 bits per heavy atom. The molecule has 14 nitrogen and oxygen atoms in total. The van der Waals surface area contributed by atoms with Crippen LogP contribution < -0.4 is 15.8 Å². The molecule has 2 aliphatic carbocycles. The number of likely N-dealkylation sites (tertiary alicyclic amines) is 1. The fourth-order valence-electron chi connectivity index (χ4n) is 8.55. The van der Waals surface area contributed by atoms with Crippen LogP contribution in [0.15, 0.2) is 35.0 Å². The monoisotopic (exact) mass is 679 g/mol. The van der Waals surface area contributed by atoms with E-state index in [2.05, 4.69) is 33.6 Å². The van der Waals surface area contributed by atoms with Gasteiger partial charge in [-0.25, -0.2) is 9.67 Å². The normalized spacial score (nSPS) is 25.0.